The van der Waals surface area contributed by atoms with Crippen LogP contribution >= 0.6 is 0 Å². The summed E-state index contributed by atoms with van der Waals surface area (Å²) in [6.07, 6.45) is 5.14. The molecule has 0 bridgehead atoms. The van der Waals surface area contributed by atoms with Gasteiger partial charge >= 0.3 is 0 Å². The van der Waals surface area contributed by atoms with Crippen molar-refractivity contribution in [3.63, 3.8) is 0 Å². The summed E-state index contributed by atoms with van der Waals surface area (Å²) in [5.74, 6) is 0.978. The molecule has 4 aromatic rings. The Hall–Kier alpha value is -3.38. The number of fused-ring (bicyclic) bond motifs is 1. The van der Waals surface area contributed by atoms with E-state index in [2.05, 4.69) is 38.2 Å². The molecule has 3 aromatic heterocycles. The Morgan fingerprint density at radius 1 is 1.03 bits per heavy atom. The molecular formula is C23H23N5O. The predicted octanol–water partition coefficient (Wildman–Crippen LogP) is 4.10. The fourth-order valence-corrected chi connectivity index (χ4v) is 3.39. The quantitative estimate of drug-likeness (QED) is 0.520. The number of aromatic nitrogens is 4. The third-order valence-corrected chi connectivity index (χ3v) is 5.06. The number of anilines is 1. The lowest BCUT2D eigenvalue weighted by atomic mass is 9.96. The standard InChI is InChI=1S/C23H23N5O/c1-15(19-4-3-5-20-18(13-29)8-9-24-23(19)20)11-26-22-10-21(27-14-28-22)17-7-6-16(2)25-12-17/h3-10,12,14-15,29H,11,13H2,1-2H3,(H,26,27,28)/t15-/m1/s1. The van der Waals surface area contributed by atoms with Crippen molar-refractivity contribution in [2.45, 2.75) is 26.4 Å². The number of aliphatic hydroxyl groups is 1. The molecule has 0 spiro atoms. The van der Waals surface area contributed by atoms with E-state index in [9.17, 15) is 5.11 Å². The molecule has 0 aliphatic carbocycles. The largest absolute Gasteiger partial charge is 0.392 e. The summed E-state index contributed by atoms with van der Waals surface area (Å²) in [6.45, 7) is 4.82. The highest BCUT2D eigenvalue weighted by molar-refractivity contribution is 5.85. The Morgan fingerprint density at radius 2 is 1.93 bits per heavy atom. The van der Waals surface area contributed by atoms with E-state index in [4.69, 9.17) is 0 Å². The van der Waals surface area contributed by atoms with Crippen LogP contribution in [0.3, 0.4) is 0 Å². The molecule has 0 radical (unpaired) electrons. The summed E-state index contributed by atoms with van der Waals surface area (Å²) in [7, 11) is 0. The van der Waals surface area contributed by atoms with Gasteiger partial charge in [-0.15, -0.1) is 0 Å². The number of rotatable bonds is 6. The first-order valence-electron chi connectivity index (χ1n) is 9.62. The van der Waals surface area contributed by atoms with Crippen LogP contribution in [0.25, 0.3) is 22.2 Å². The lowest BCUT2D eigenvalue weighted by Gasteiger charge is -2.16. The molecule has 1 atom stereocenters. The number of aryl methyl sites for hydroxylation is 1. The maximum absolute atomic E-state index is 9.59. The van der Waals surface area contributed by atoms with Gasteiger partial charge in [0.15, 0.2) is 0 Å². The van der Waals surface area contributed by atoms with E-state index < -0.39 is 0 Å². The number of nitrogens with zero attached hydrogens (tertiary/aromatic N) is 4. The minimum Gasteiger partial charge on any atom is -0.392 e. The van der Waals surface area contributed by atoms with Crippen molar-refractivity contribution in [3.8, 4) is 11.3 Å². The van der Waals surface area contributed by atoms with Gasteiger partial charge in [-0.2, -0.15) is 0 Å². The summed E-state index contributed by atoms with van der Waals surface area (Å²) in [4.78, 5) is 17.6. The molecular weight excluding hydrogens is 362 g/mol. The third-order valence-electron chi connectivity index (χ3n) is 5.06. The molecule has 0 saturated heterocycles. The van der Waals surface area contributed by atoms with Gasteiger partial charge in [0.05, 0.1) is 17.8 Å². The van der Waals surface area contributed by atoms with E-state index in [1.165, 1.54) is 0 Å². The first kappa shape index (κ1) is 19.0. The van der Waals surface area contributed by atoms with Crippen molar-refractivity contribution < 1.29 is 5.11 Å². The Morgan fingerprint density at radius 3 is 2.72 bits per heavy atom. The van der Waals surface area contributed by atoms with Gasteiger partial charge in [0.25, 0.3) is 0 Å². The van der Waals surface area contributed by atoms with Crippen molar-refractivity contribution in [2.24, 2.45) is 0 Å². The third kappa shape index (κ3) is 4.07. The summed E-state index contributed by atoms with van der Waals surface area (Å²) in [5, 5.41) is 14.0. The molecule has 4 rings (SSSR count). The number of hydrogen-bond donors (Lipinski definition) is 2. The number of pyridine rings is 2. The van der Waals surface area contributed by atoms with E-state index in [1.54, 1.807) is 12.5 Å². The van der Waals surface area contributed by atoms with Crippen LogP contribution in [0.15, 0.2) is 61.2 Å². The fraction of sp³-hybridized carbons (Fsp3) is 0.217. The molecule has 1 aromatic carbocycles. The molecule has 29 heavy (non-hydrogen) atoms. The van der Waals surface area contributed by atoms with Gasteiger partial charge in [-0.1, -0.05) is 25.1 Å². The summed E-state index contributed by atoms with van der Waals surface area (Å²) < 4.78 is 0. The van der Waals surface area contributed by atoms with Crippen molar-refractivity contribution in [3.05, 3.63) is 78.0 Å². The monoisotopic (exact) mass is 385 g/mol. The van der Waals surface area contributed by atoms with Gasteiger partial charge in [-0.3, -0.25) is 9.97 Å². The lowest BCUT2D eigenvalue weighted by Crippen LogP contribution is -2.12. The van der Waals surface area contributed by atoms with Gasteiger partial charge in [-0.05, 0) is 36.2 Å². The van der Waals surface area contributed by atoms with Crippen LogP contribution in [0.5, 0.6) is 0 Å². The molecule has 6 heteroatoms. The first-order chi connectivity index (χ1) is 14.2. The molecule has 0 saturated carbocycles. The SMILES string of the molecule is Cc1ccc(-c2cc(NC[C@@H](C)c3cccc4c(CO)ccnc34)ncn2)cn1. The number of para-hydroxylation sites is 1. The molecule has 0 fully saturated rings. The van der Waals surface area contributed by atoms with Crippen LogP contribution in [-0.4, -0.2) is 31.6 Å². The van der Waals surface area contributed by atoms with Crippen LogP contribution in [-0.2, 0) is 6.61 Å². The zero-order chi connectivity index (χ0) is 20.2. The topological polar surface area (TPSA) is 83.8 Å². The Labute approximate surface area is 169 Å². The van der Waals surface area contributed by atoms with E-state index in [1.807, 2.05) is 49.5 Å². The maximum atomic E-state index is 9.59. The molecule has 0 aliphatic rings. The highest BCUT2D eigenvalue weighted by atomic mass is 16.3. The molecule has 3 heterocycles. The minimum atomic E-state index is 0.00663. The highest BCUT2D eigenvalue weighted by Gasteiger charge is 2.13. The summed E-state index contributed by atoms with van der Waals surface area (Å²) in [6, 6.07) is 13.9. The molecule has 0 unspecified atom stereocenters. The van der Waals surface area contributed by atoms with Gasteiger partial charge in [0.2, 0.25) is 0 Å². The van der Waals surface area contributed by atoms with Crippen LogP contribution < -0.4 is 5.32 Å². The Kier molecular flexibility index (Phi) is 5.44. The highest BCUT2D eigenvalue weighted by Crippen LogP contribution is 2.27. The van der Waals surface area contributed by atoms with Gasteiger partial charge in [0, 0.05) is 47.6 Å². The van der Waals surface area contributed by atoms with Gasteiger partial charge < -0.3 is 10.4 Å². The van der Waals surface area contributed by atoms with Crippen molar-refractivity contribution >= 4 is 16.7 Å². The smallest absolute Gasteiger partial charge is 0.129 e. The average molecular weight is 385 g/mol. The second-order valence-electron chi connectivity index (χ2n) is 7.13. The van der Waals surface area contributed by atoms with Crippen LogP contribution in [0.4, 0.5) is 5.82 Å². The van der Waals surface area contributed by atoms with Gasteiger partial charge in [-0.25, -0.2) is 9.97 Å². The van der Waals surface area contributed by atoms with Crippen molar-refractivity contribution in [1.82, 2.24) is 19.9 Å². The van der Waals surface area contributed by atoms with E-state index in [0.29, 0.717) is 6.54 Å². The van der Waals surface area contributed by atoms with Crippen LogP contribution in [0, 0.1) is 6.92 Å². The van der Waals surface area contributed by atoms with Crippen molar-refractivity contribution in [2.75, 3.05) is 11.9 Å². The van der Waals surface area contributed by atoms with E-state index in [-0.39, 0.29) is 12.5 Å². The molecule has 0 amide bonds. The average Bonchev–Trinajstić information content (AvgIpc) is 2.77. The predicted molar refractivity (Wildman–Crippen MR) is 115 cm³/mol. The second-order valence-corrected chi connectivity index (χ2v) is 7.13. The minimum absolute atomic E-state index is 0.00663. The zero-order valence-electron chi connectivity index (χ0n) is 16.5. The molecule has 2 N–H and O–H groups in total. The van der Waals surface area contributed by atoms with E-state index in [0.717, 1.165) is 44.8 Å². The van der Waals surface area contributed by atoms with Crippen molar-refractivity contribution in [1.29, 1.82) is 0 Å². The number of aliphatic hydroxyl groups excluding tert-OH is 1. The molecule has 146 valence electrons. The number of hydrogen-bond acceptors (Lipinski definition) is 6. The summed E-state index contributed by atoms with van der Waals surface area (Å²) in [5.41, 5.74) is 5.74. The second kappa shape index (κ2) is 8.32. The van der Waals surface area contributed by atoms with Crippen LogP contribution in [0.2, 0.25) is 0 Å². The van der Waals surface area contributed by atoms with Gasteiger partial charge in [0.1, 0.15) is 12.1 Å². The lowest BCUT2D eigenvalue weighted by molar-refractivity contribution is 0.283. The van der Waals surface area contributed by atoms with Crippen LogP contribution in [0.1, 0.15) is 29.7 Å². The first-order valence-corrected chi connectivity index (χ1v) is 9.62. The Balaban J connectivity index is 1.53. The number of benzene rings is 1. The maximum Gasteiger partial charge on any atom is 0.129 e. The van der Waals surface area contributed by atoms with E-state index >= 15 is 0 Å². The fourth-order valence-electron chi connectivity index (χ4n) is 3.39. The Bertz CT molecular complexity index is 1130. The molecule has 0 aliphatic heterocycles. The molecule has 6 nitrogen and oxygen atoms in total. The summed E-state index contributed by atoms with van der Waals surface area (Å²) >= 11 is 0. The number of nitrogens with one attached hydrogen (secondary N) is 1. The normalized spacial score (nSPS) is 12.1. The zero-order valence-corrected chi connectivity index (χ0v) is 16.5.